The second-order valence-corrected chi connectivity index (χ2v) is 4.63. The zero-order chi connectivity index (χ0) is 13.0. The van der Waals surface area contributed by atoms with Crippen LogP contribution in [0.5, 0.6) is 0 Å². The average Bonchev–Trinajstić information content (AvgIpc) is 2.81. The topological polar surface area (TPSA) is 51.0 Å². The summed E-state index contributed by atoms with van der Waals surface area (Å²) in [4.78, 5) is 4.00. The van der Waals surface area contributed by atoms with E-state index in [1.54, 1.807) is 0 Å². The smallest absolute Gasteiger partial charge is 0.213 e. The van der Waals surface area contributed by atoms with Crippen molar-refractivity contribution in [1.29, 1.82) is 0 Å². The summed E-state index contributed by atoms with van der Waals surface area (Å²) in [7, 11) is 0. The number of hydrogen-bond acceptors (Lipinski definition) is 4. The number of hydrogen-bond donors (Lipinski definition) is 1. The Morgan fingerprint density at radius 2 is 2.17 bits per heavy atom. The van der Waals surface area contributed by atoms with E-state index in [0.29, 0.717) is 6.04 Å². The monoisotopic (exact) mass is 245 g/mol. The number of nitrogens with zero attached hydrogens (tertiary/aromatic N) is 2. The third-order valence-corrected chi connectivity index (χ3v) is 3.10. The van der Waals surface area contributed by atoms with Crippen LogP contribution in [0.3, 0.4) is 0 Å². The SMILES string of the molecule is Cc1ccc(C(C)NCCc2ncon2)c(C)c1. The quantitative estimate of drug-likeness (QED) is 0.879. The van der Waals surface area contributed by atoms with Crippen LogP contribution in [0.25, 0.3) is 0 Å². The van der Waals surface area contributed by atoms with Crippen molar-refractivity contribution >= 4 is 0 Å². The lowest BCUT2D eigenvalue weighted by Crippen LogP contribution is -2.22. The van der Waals surface area contributed by atoms with Gasteiger partial charge < -0.3 is 9.84 Å². The number of aromatic nitrogens is 2. The van der Waals surface area contributed by atoms with Gasteiger partial charge in [0.1, 0.15) is 0 Å². The lowest BCUT2D eigenvalue weighted by atomic mass is 10.0. The summed E-state index contributed by atoms with van der Waals surface area (Å²) < 4.78 is 4.70. The minimum Gasteiger partial charge on any atom is -0.343 e. The van der Waals surface area contributed by atoms with Gasteiger partial charge in [-0.25, -0.2) is 0 Å². The summed E-state index contributed by atoms with van der Waals surface area (Å²) in [5, 5.41) is 7.26. The molecule has 1 aromatic carbocycles. The van der Waals surface area contributed by atoms with Gasteiger partial charge >= 0.3 is 0 Å². The van der Waals surface area contributed by atoms with Gasteiger partial charge in [-0.1, -0.05) is 28.9 Å². The Labute approximate surface area is 107 Å². The summed E-state index contributed by atoms with van der Waals surface area (Å²) in [6, 6.07) is 6.89. The normalized spacial score (nSPS) is 12.6. The van der Waals surface area contributed by atoms with Crippen LogP contribution < -0.4 is 5.32 Å². The van der Waals surface area contributed by atoms with Crippen LogP contribution >= 0.6 is 0 Å². The fraction of sp³-hybridized carbons (Fsp3) is 0.429. The van der Waals surface area contributed by atoms with Crippen molar-refractivity contribution in [3.63, 3.8) is 0 Å². The van der Waals surface area contributed by atoms with Crippen LogP contribution in [0.2, 0.25) is 0 Å². The predicted octanol–water partition coefficient (Wildman–Crippen LogP) is 2.58. The molecule has 0 radical (unpaired) electrons. The van der Waals surface area contributed by atoms with Crippen molar-refractivity contribution in [2.24, 2.45) is 0 Å². The van der Waals surface area contributed by atoms with E-state index in [4.69, 9.17) is 4.52 Å². The molecule has 1 N–H and O–H groups in total. The number of rotatable bonds is 5. The maximum Gasteiger partial charge on any atom is 0.213 e. The summed E-state index contributed by atoms with van der Waals surface area (Å²) >= 11 is 0. The van der Waals surface area contributed by atoms with Crippen molar-refractivity contribution < 1.29 is 4.52 Å². The van der Waals surface area contributed by atoms with E-state index >= 15 is 0 Å². The van der Waals surface area contributed by atoms with E-state index < -0.39 is 0 Å². The first-order chi connectivity index (χ1) is 8.66. The Balaban J connectivity index is 1.89. The second-order valence-electron chi connectivity index (χ2n) is 4.63. The van der Waals surface area contributed by atoms with Gasteiger partial charge in [0.05, 0.1) is 0 Å². The van der Waals surface area contributed by atoms with Crippen LogP contribution in [-0.2, 0) is 6.42 Å². The fourth-order valence-electron chi connectivity index (χ4n) is 2.12. The predicted molar refractivity (Wildman–Crippen MR) is 70.3 cm³/mol. The van der Waals surface area contributed by atoms with E-state index in [9.17, 15) is 0 Å². The Hall–Kier alpha value is -1.68. The molecule has 0 amide bonds. The van der Waals surface area contributed by atoms with Gasteiger partial charge in [0.25, 0.3) is 0 Å². The fourth-order valence-corrected chi connectivity index (χ4v) is 2.12. The summed E-state index contributed by atoms with van der Waals surface area (Å²) in [5.74, 6) is 0.746. The molecule has 0 saturated heterocycles. The van der Waals surface area contributed by atoms with E-state index in [0.717, 1.165) is 18.8 Å². The molecule has 0 bridgehead atoms. The molecular formula is C14H19N3O. The minimum absolute atomic E-state index is 0.331. The Morgan fingerprint density at radius 3 is 2.83 bits per heavy atom. The third-order valence-electron chi connectivity index (χ3n) is 3.10. The van der Waals surface area contributed by atoms with Gasteiger partial charge in [0.2, 0.25) is 6.39 Å². The van der Waals surface area contributed by atoms with Crippen LogP contribution in [0.4, 0.5) is 0 Å². The highest BCUT2D eigenvalue weighted by Gasteiger charge is 2.08. The molecule has 0 spiro atoms. The van der Waals surface area contributed by atoms with E-state index in [-0.39, 0.29) is 0 Å². The highest BCUT2D eigenvalue weighted by Crippen LogP contribution is 2.18. The number of nitrogens with one attached hydrogen (secondary N) is 1. The summed E-state index contributed by atoms with van der Waals surface area (Å²) in [6.07, 6.45) is 2.15. The number of aryl methyl sites for hydroxylation is 2. The van der Waals surface area contributed by atoms with Crippen LogP contribution in [0, 0.1) is 13.8 Å². The third kappa shape index (κ3) is 3.17. The number of benzene rings is 1. The van der Waals surface area contributed by atoms with Crippen molar-refractivity contribution in [3.8, 4) is 0 Å². The Bertz CT molecular complexity index is 494. The summed E-state index contributed by atoms with van der Waals surface area (Å²) in [5.41, 5.74) is 3.97. The largest absolute Gasteiger partial charge is 0.343 e. The highest BCUT2D eigenvalue weighted by molar-refractivity contribution is 5.32. The highest BCUT2D eigenvalue weighted by atomic mass is 16.5. The molecule has 0 saturated carbocycles. The second kappa shape index (κ2) is 5.78. The lowest BCUT2D eigenvalue weighted by Gasteiger charge is -2.16. The first-order valence-electron chi connectivity index (χ1n) is 6.22. The maximum atomic E-state index is 4.70. The standard InChI is InChI=1S/C14H19N3O/c1-10-4-5-13(11(2)8-10)12(3)15-7-6-14-16-9-18-17-14/h4-5,8-9,12,15H,6-7H2,1-3H3. The zero-order valence-corrected chi connectivity index (χ0v) is 11.1. The van der Waals surface area contributed by atoms with Crippen molar-refractivity contribution in [1.82, 2.24) is 15.5 Å². The molecule has 0 aliphatic rings. The van der Waals surface area contributed by atoms with Gasteiger partial charge in [-0.3, -0.25) is 0 Å². The molecular weight excluding hydrogens is 226 g/mol. The molecule has 0 aliphatic carbocycles. The molecule has 0 fully saturated rings. The van der Waals surface area contributed by atoms with Gasteiger partial charge in [-0.05, 0) is 31.9 Å². The average molecular weight is 245 g/mol. The van der Waals surface area contributed by atoms with Gasteiger partial charge in [0.15, 0.2) is 5.82 Å². The molecule has 4 nitrogen and oxygen atoms in total. The van der Waals surface area contributed by atoms with Crippen molar-refractivity contribution in [2.75, 3.05) is 6.54 Å². The van der Waals surface area contributed by atoms with E-state index in [1.807, 2.05) is 0 Å². The molecule has 2 aromatic rings. The van der Waals surface area contributed by atoms with Gasteiger partial charge in [-0.15, -0.1) is 0 Å². The summed E-state index contributed by atoms with van der Waals surface area (Å²) in [6.45, 7) is 7.28. The Morgan fingerprint density at radius 1 is 1.33 bits per heavy atom. The molecule has 4 heteroatoms. The van der Waals surface area contributed by atoms with Crippen molar-refractivity contribution in [3.05, 3.63) is 47.1 Å². The van der Waals surface area contributed by atoms with E-state index in [2.05, 4.69) is 54.4 Å². The molecule has 2 rings (SSSR count). The maximum absolute atomic E-state index is 4.70. The molecule has 96 valence electrons. The minimum atomic E-state index is 0.331. The van der Waals surface area contributed by atoms with Gasteiger partial charge in [-0.2, -0.15) is 4.98 Å². The first-order valence-corrected chi connectivity index (χ1v) is 6.22. The molecule has 1 atom stereocenters. The molecule has 1 heterocycles. The lowest BCUT2D eigenvalue weighted by molar-refractivity contribution is 0.408. The zero-order valence-electron chi connectivity index (χ0n) is 11.1. The molecule has 1 unspecified atom stereocenters. The Kier molecular flexibility index (Phi) is 4.10. The molecule has 0 aliphatic heterocycles. The van der Waals surface area contributed by atoms with Crippen LogP contribution in [-0.4, -0.2) is 16.7 Å². The van der Waals surface area contributed by atoms with Crippen LogP contribution in [0.15, 0.2) is 29.1 Å². The van der Waals surface area contributed by atoms with Crippen molar-refractivity contribution in [2.45, 2.75) is 33.2 Å². The van der Waals surface area contributed by atoms with Gasteiger partial charge in [0, 0.05) is 19.0 Å². The first kappa shape index (κ1) is 12.8. The molecule has 18 heavy (non-hydrogen) atoms. The van der Waals surface area contributed by atoms with E-state index in [1.165, 1.54) is 23.1 Å². The molecule has 1 aromatic heterocycles. The van der Waals surface area contributed by atoms with Crippen LogP contribution in [0.1, 0.15) is 35.5 Å².